The molecule has 1 atom stereocenters. The summed E-state index contributed by atoms with van der Waals surface area (Å²) < 4.78 is 6.46. The zero-order valence-electron chi connectivity index (χ0n) is 20.7. The summed E-state index contributed by atoms with van der Waals surface area (Å²) in [7, 11) is 0. The first-order valence-electron chi connectivity index (χ1n) is 11.7. The molecular weight excluding hydrogens is 400 g/mol. The summed E-state index contributed by atoms with van der Waals surface area (Å²) in [5.74, 6) is 0.487. The number of hydrogen-bond donors (Lipinski definition) is 2. The van der Waals surface area contributed by atoms with E-state index in [0.717, 1.165) is 73.8 Å². The highest BCUT2D eigenvalue weighted by Gasteiger charge is 2.32. The van der Waals surface area contributed by atoms with Crippen LogP contribution in [0.4, 0.5) is 0 Å². The van der Waals surface area contributed by atoms with Crippen molar-refractivity contribution in [1.29, 1.82) is 0 Å². The zero-order chi connectivity index (χ0) is 23.9. The van der Waals surface area contributed by atoms with E-state index in [0.29, 0.717) is 11.3 Å². The largest absolute Gasteiger partial charge is 0.508 e. The van der Waals surface area contributed by atoms with Gasteiger partial charge in [-0.3, -0.25) is 0 Å². The first-order chi connectivity index (χ1) is 15.0. The van der Waals surface area contributed by atoms with E-state index >= 15 is 0 Å². The van der Waals surface area contributed by atoms with Gasteiger partial charge in [-0.05, 0) is 116 Å². The van der Waals surface area contributed by atoms with Crippen molar-refractivity contribution in [2.45, 2.75) is 98.5 Å². The van der Waals surface area contributed by atoms with Crippen molar-refractivity contribution in [2.24, 2.45) is 0 Å². The number of ether oxygens (including phenoxy) is 1. The summed E-state index contributed by atoms with van der Waals surface area (Å²) in [4.78, 5) is 10.8. The van der Waals surface area contributed by atoms with Gasteiger partial charge in [0.2, 0.25) is 0 Å². The smallest absolute Gasteiger partial charge is 0.330 e. The van der Waals surface area contributed by atoms with Crippen LogP contribution in [0.25, 0.3) is 0 Å². The van der Waals surface area contributed by atoms with Crippen LogP contribution in [0.1, 0.15) is 89.3 Å². The molecule has 1 aliphatic rings. The SMILES string of the molecule is CC(=CCCC(C)=CCCC1(C)CCc2cc(O)c(C)c(C)c2O1)CCC=C(C)C(=O)O. The first-order valence-corrected chi connectivity index (χ1v) is 11.7. The average molecular weight is 441 g/mol. The molecule has 1 aromatic carbocycles. The number of benzene rings is 1. The molecule has 1 heterocycles. The minimum atomic E-state index is -0.839. The molecule has 0 saturated carbocycles. The number of carboxylic acid groups (broad SMARTS) is 1. The summed E-state index contributed by atoms with van der Waals surface area (Å²) in [6.07, 6.45) is 14.0. The second kappa shape index (κ2) is 11.4. The van der Waals surface area contributed by atoms with Crippen molar-refractivity contribution >= 4 is 5.97 Å². The summed E-state index contributed by atoms with van der Waals surface area (Å²) in [5.41, 5.74) is 6.02. The summed E-state index contributed by atoms with van der Waals surface area (Å²) in [5, 5.41) is 19.0. The van der Waals surface area contributed by atoms with E-state index in [1.165, 1.54) is 11.1 Å². The lowest BCUT2D eigenvalue weighted by atomic mass is 9.87. The molecule has 1 aromatic rings. The molecule has 4 heteroatoms. The van der Waals surface area contributed by atoms with Gasteiger partial charge in [-0.25, -0.2) is 4.79 Å². The maximum atomic E-state index is 10.8. The molecule has 0 radical (unpaired) electrons. The number of fused-ring (bicyclic) bond motifs is 1. The zero-order valence-corrected chi connectivity index (χ0v) is 20.7. The van der Waals surface area contributed by atoms with E-state index < -0.39 is 5.97 Å². The highest BCUT2D eigenvalue weighted by atomic mass is 16.5. The normalized spacial score (nSPS) is 19.5. The van der Waals surface area contributed by atoms with Gasteiger partial charge in [0.15, 0.2) is 0 Å². The van der Waals surface area contributed by atoms with Crippen LogP contribution in [0, 0.1) is 13.8 Å². The molecule has 0 spiro atoms. The molecule has 176 valence electrons. The Balaban J connectivity index is 1.81. The van der Waals surface area contributed by atoms with Crippen LogP contribution in [-0.2, 0) is 11.2 Å². The van der Waals surface area contributed by atoms with Crippen LogP contribution in [0.2, 0.25) is 0 Å². The highest BCUT2D eigenvalue weighted by Crippen LogP contribution is 2.41. The standard InChI is InChI=1S/C28H40O4/c1-19(12-8-14-21(3)27(30)31)10-7-11-20(2)13-9-16-28(6)17-15-24-18-25(29)22(4)23(5)26(24)32-28/h10,13-14,18,29H,7-9,11-12,15-17H2,1-6H3,(H,30,31). The fourth-order valence-corrected chi connectivity index (χ4v) is 4.12. The monoisotopic (exact) mass is 440 g/mol. The Kier molecular flexibility index (Phi) is 9.18. The molecule has 0 saturated heterocycles. The van der Waals surface area contributed by atoms with Gasteiger partial charge in [-0.1, -0.05) is 29.4 Å². The molecule has 1 aliphatic heterocycles. The number of aliphatic carboxylic acids is 1. The van der Waals surface area contributed by atoms with Gasteiger partial charge in [0, 0.05) is 5.57 Å². The van der Waals surface area contributed by atoms with Crippen molar-refractivity contribution in [2.75, 3.05) is 0 Å². The predicted molar refractivity (Wildman–Crippen MR) is 132 cm³/mol. The lowest BCUT2D eigenvalue weighted by Crippen LogP contribution is -2.36. The van der Waals surface area contributed by atoms with Gasteiger partial charge < -0.3 is 14.9 Å². The van der Waals surface area contributed by atoms with Crippen molar-refractivity contribution in [3.05, 3.63) is 57.7 Å². The number of carbonyl (C=O) groups is 1. The van der Waals surface area contributed by atoms with E-state index in [1.54, 1.807) is 13.0 Å². The van der Waals surface area contributed by atoms with Crippen LogP contribution >= 0.6 is 0 Å². The van der Waals surface area contributed by atoms with Crippen LogP contribution in [0.3, 0.4) is 0 Å². The molecule has 32 heavy (non-hydrogen) atoms. The van der Waals surface area contributed by atoms with Gasteiger partial charge in [-0.2, -0.15) is 0 Å². The molecular formula is C28H40O4. The molecule has 0 aromatic heterocycles. The van der Waals surface area contributed by atoms with Gasteiger partial charge in [0.05, 0.1) is 0 Å². The third-order valence-electron chi connectivity index (χ3n) is 6.69. The molecule has 2 N–H and O–H groups in total. The number of aromatic hydroxyl groups is 1. The minimum absolute atomic E-state index is 0.171. The third-order valence-corrected chi connectivity index (χ3v) is 6.69. The van der Waals surface area contributed by atoms with Gasteiger partial charge in [0.1, 0.15) is 17.1 Å². The highest BCUT2D eigenvalue weighted by molar-refractivity contribution is 5.85. The lowest BCUT2D eigenvalue weighted by Gasteiger charge is -2.37. The maximum Gasteiger partial charge on any atom is 0.330 e. The number of rotatable bonds is 10. The third kappa shape index (κ3) is 7.29. The van der Waals surface area contributed by atoms with Gasteiger partial charge in [-0.15, -0.1) is 0 Å². The number of phenolic OH excluding ortho intramolecular Hbond substituents is 1. The summed E-state index contributed by atoms with van der Waals surface area (Å²) in [6, 6.07) is 1.86. The topological polar surface area (TPSA) is 66.8 Å². The Morgan fingerprint density at radius 3 is 2.25 bits per heavy atom. The molecule has 0 amide bonds. The fraction of sp³-hybridized carbons (Fsp3) is 0.536. The molecule has 1 unspecified atom stereocenters. The Bertz CT molecular complexity index is 920. The van der Waals surface area contributed by atoms with Gasteiger partial charge >= 0.3 is 5.97 Å². The molecule has 0 fully saturated rings. The summed E-state index contributed by atoms with van der Waals surface area (Å²) in [6.45, 7) is 12.1. The fourth-order valence-electron chi connectivity index (χ4n) is 4.12. The van der Waals surface area contributed by atoms with Crippen molar-refractivity contribution < 1.29 is 19.7 Å². The van der Waals surface area contributed by atoms with Crippen LogP contribution in [0.15, 0.2) is 41.0 Å². The second-order valence-electron chi connectivity index (χ2n) is 9.60. The van der Waals surface area contributed by atoms with Gasteiger partial charge in [0.25, 0.3) is 0 Å². The number of allylic oxidation sites excluding steroid dienone is 5. The molecule has 0 bridgehead atoms. The molecule has 4 nitrogen and oxygen atoms in total. The quantitative estimate of drug-likeness (QED) is 0.295. The van der Waals surface area contributed by atoms with Crippen molar-refractivity contribution in [1.82, 2.24) is 0 Å². The van der Waals surface area contributed by atoms with Crippen LogP contribution < -0.4 is 4.74 Å². The van der Waals surface area contributed by atoms with E-state index in [2.05, 4.69) is 32.9 Å². The number of hydrogen-bond acceptors (Lipinski definition) is 3. The number of aryl methyl sites for hydroxylation is 1. The van der Waals surface area contributed by atoms with E-state index in [9.17, 15) is 9.90 Å². The Morgan fingerprint density at radius 2 is 1.62 bits per heavy atom. The predicted octanol–water partition coefficient (Wildman–Crippen LogP) is 7.36. The Morgan fingerprint density at radius 1 is 1.03 bits per heavy atom. The maximum absolute atomic E-state index is 10.8. The van der Waals surface area contributed by atoms with Crippen molar-refractivity contribution in [3.8, 4) is 11.5 Å². The second-order valence-corrected chi connectivity index (χ2v) is 9.60. The number of phenols is 1. The Labute approximate surface area is 193 Å². The first kappa shape index (κ1) is 25.8. The van der Waals surface area contributed by atoms with E-state index in [-0.39, 0.29) is 5.60 Å². The van der Waals surface area contributed by atoms with Crippen LogP contribution in [0.5, 0.6) is 11.5 Å². The number of carboxylic acids is 1. The Hall–Kier alpha value is -2.49. The summed E-state index contributed by atoms with van der Waals surface area (Å²) >= 11 is 0. The molecule has 0 aliphatic carbocycles. The van der Waals surface area contributed by atoms with E-state index in [4.69, 9.17) is 9.84 Å². The van der Waals surface area contributed by atoms with Crippen LogP contribution in [-0.4, -0.2) is 21.8 Å². The average Bonchev–Trinajstić information content (AvgIpc) is 2.72. The minimum Gasteiger partial charge on any atom is -0.508 e. The van der Waals surface area contributed by atoms with E-state index in [1.807, 2.05) is 19.9 Å². The molecule has 2 rings (SSSR count). The van der Waals surface area contributed by atoms with Crippen molar-refractivity contribution in [3.63, 3.8) is 0 Å². The lowest BCUT2D eigenvalue weighted by molar-refractivity contribution is -0.132.